The molecule has 1 N–H and O–H groups in total. The molecule has 0 atom stereocenters. The van der Waals surface area contributed by atoms with Crippen molar-refractivity contribution in [2.75, 3.05) is 32.2 Å². The van der Waals surface area contributed by atoms with E-state index in [1.807, 2.05) is 6.92 Å². The number of thiazole rings is 1. The van der Waals surface area contributed by atoms with Crippen LogP contribution >= 0.6 is 11.3 Å². The van der Waals surface area contributed by atoms with Crippen LogP contribution in [-0.2, 0) is 16.0 Å². The maximum Gasteiger partial charge on any atom is 0.357 e. The SMILES string of the molecule is CCOCCCN(Cc1nc(C(=O)OC)cs1)C(=O)Nc1ccc(F)c(F)c1. The minimum Gasteiger partial charge on any atom is -0.464 e. The van der Waals surface area contributed by atoms with Crippen molar-refractivity contribution in [3.05, 3.63) is 45.9 Å². The van der Waals surface area contributed by atoms with Crippen molar-refractivity contribution >= 4 is 29.0 Å². The number of hydrogen-bond donors (Lipinski definition) is 1. The summed E-state index contributed by atoms with van der Waals surface area (Å²) in [6.45, 7) is 3.40. The van der Waals surface area contributed by atoms with E-state index in [1.165, 1.54) is 29.4 Å². The topological polar surface area (TPSA) is 80.8 Å². The highest BCUT2D eigenvalue weighted by molar-refractivity contribution is 7.09. The number of nitrogens with one attached hydrogen (secondary N) is 1. The van der Waals surface area contributed by atoms with Gasteiger partial charge >= 0.3 is 12.0 Å². The van der Waals surface area contributed by atoms with Gasteiger partial charge in [0.15, 0.2) is 17.3 Å². The number of halogens is 2. The molecular weight excluding hydrogens is 392 g/mol. The molecule has 2 rings (SSSR count). The lowest BCUT2D eigenvalue weighted by Crippen LogP contribution is -2.35. The number of carbonyl (C=O) groups is 2. The fourth-order valence-corrected chi connectivity index (χ4v) is 3.05. The number of urea groups is 1. The Balaban J connectivity index is 2.08. The number of nitrogens with zero attached hydrogens (tertiary/aromatic N) is 2. The molecule has 0 unspecified atom stereocenters. The third-order valence-corrected chi connectivity index (χ3v) is 4.48. The molecule has 0 fully saturated rings. The van der Waals surface area contributed by atoms with E-state index in [4.69, 9.17) is 4.74 Å². The molecule has 152 valence electrons. The van der Waals surface area contributed by atoms with E-state index < -0.39 is 23.6 Å². The average Bonchev–Trinajstić information content (AvgIpc) is 3.15. The highest BCUT2D eigenvalue weighted by Crippen LogP contribution is 2.17. The first-order valence-corrected chi connectivity index (χ1v) is 9.44. The first-order chi connectivity index (χ1) is 13.4. The van der Waals surface area contributed by atoms with Crippen molar-refractivity contribution in [1.29, 1.82) is 0 Å². The summed E-state index contributed by atoms with van der Waals surface area (Å²) >= 11 is 1.22. The molecule has 0 bridgehead atoms. The Hall–Kier alpha value is -2.59. The summed E-state index contributed by atoms with van der Waals surface area (Å²) in [6.07, 6.45) is 0.578. The second-order valence-electron chi connectivity index (χ2n) is 5.65. The monoisotopic (exact) mass is 413 g/mol. The van der Waals surface area contributed by atoms with Crippen LogP contribution in [0.4, 0.5) is 19.3 Å². The lowest BCUT2D eigenvalue weighted by Gasteiger charge is -2.22. The Morgan fingerprint density at radius 3 is 2.75 bits per heavy atom. The molecule has 0 saturated heterocycles. The van der Waals surface area contributed by atoms with Crippen molar-refractivity contribution in [2.45, 2.75) is 19.9 Å². The Morgan fingerprint density at radius 2 is 2.07 bits per heavy atom. The number of methoxy groups -OCH3 is 1. The van der Waals surface area contributed by atoms with Crippen LogP contribution in [0.3, 0.4) is 0 Å². The molecule has 28 heavy (non-hydrogen) atoms. The zero-order chi connectivity index (χ0) is 20.5. The third kappa shape index (κ3) is 6.24. The van der Waals surface area contributed by atoms with E-state index in [-0.39, 0.29) is 17.9 Å². The average molecular weight is 413 g/mol. The number of aromatic nitrogens is 1. The first kappa shape index (κ1) is 21.7. The molecule has 0 aliphatic carbocycles. The molecule has 7 nitrogen and oxygen atoms in total. The summed E-state index contributed by atoms with van der Waals surface area (Å²) in [7, 11) is 1.26. The van der Waals surface area contributed by atoms with Gasteiger partial charge in [0.05, 0.1) is 13.7 Å². The lowest BCUT2D eigenvalue weighted by atomic mass is 10.3. The second-order valence-corrected chi connectivity index (χ2v) is 6.59. The summed E-state index contributed by atoms with van der Waals surface area (Å²) in [5.41, 5.74) is 0.297. The summed E-state index contributed by atoms with van der Waals surface area (Å²) in [6, 6.07) is 2.61. The molecular formula is C18H21F2N3O4S. The van der Waals surface area contributed by atoms with Gasteiger partial charge in [0.1, 0.15) is 5.01 Å². The third-order valence-electron chi connectivity index (χ3n) is 3.65. The van der Waals surface area contributed by atoms with Gasteiger partial charge in [-0.05, 0) is 25.5 Å². The zero-order valence-electron chi connectivity index (χ0n) is 15.5. The van der Waals surface area contributed by atoms with Gasteiger partial charge in [-0.25, -0.2) is 23.4 Å². The van der Waals surface area contributed by atoms with E-state index in [0.717, 1.165) is 12.1 Å². The van der Waals surface area contributed by atoms with Crippen LogP contribution in [0.15, 0.2) is 23.6 Å². The molecule has 1 aromatic heterocycles. The van der Waals surface area contributed by atoms with Crippen LogP contribution in [0.1, 0.15) is 28.8 Å². The molecule has 1 heterocycles. The lowest BCUT2D eigenvalue weighted by molar-refractivity contribution is 0.0594. The van der Waals surface area contributed by atoms with Crippen LogP contribution in [0.2, 0.25) is 0 Å². The Labute approximate surface area is 165 Å². The molecule has 10 heteroatoms. The maximum atomic E-state index is 13.4. The number of anilines is 1. The van der Waals surface area contributed by atoms with E-state index in [2.05, 4.69) is 15.0 Å². The number of rotatable bonds is 9. The van der Waals surface area contributed by atoms with Crippen LogP contribution in [-0.4, -0.2) is 48.8 Å². The Bertz CT molecular complexity index is 816. The fraction of sp³-hybridized carbons (Fsp3) is 0.389. The van der Waals surface area contributed by atoms with Gasteiger partial charge in [-0.2, -0.15) is 0 Å². The number of benzene rings is 1. The van der Waals surface area contributed by atoms with Crippen LogP contribution in [0.5, 0.6) is 0 Å². The summed E-state index contributed by atoms with van der Waals surface area (Å²) < 4.78 is 36.3. The summed E-state index contributed by atoms with van der Waals surface area (Å²) in [5.74, 6) is -2.61. The molecule has 0 spiro atoms. The van der Waals surface area contributed by atoms with E-state index in [0.29, 0.717) is 31.2 Å². The molecule has 0 radical (unpaired) electrons. The highest BCUT2D eigenvalue weighted by Gasteiger charge is 2.18. The normalized spacial score (nSPS) is 10.6. The largest absolute Gasteiger partial charge is 0.464 e. The van der Waals surface area contributed by atoms with Gasteiger partial charge in [-0.1, -0.05) is 0 Å². The first-order valence-electron chi connectivity index (χ1n) is 8.56. The molecule has 2 aromatic rings. The number of esters is 1. The summed E-state index contributed by atoms with van der Waals surface area (Å²) in [5, 5.41) is 4.62. The van der Waals surface area contributed by atoms with Crippen molar-refractivity contribution in [2.24, 2.45) is 0 Å². The van der Waals surface area contributed by atoms with Gasteiger partial charge in [0.25, 0.3) is 0 Å². The zero-order valence-corrected chi connectivity index (χ0v) is 16.4. The highest BCUT2D eigenvalue weighted by atomic mass is 32.1. The van der Waals surface area contributed by atoms with Crippen molar-refractivity contribution < 1.29 is 27.8 Å². The predicted octanol–water partition coefficient (Wildman–Crippen LogP) is 3.67. The van der Waals surface area contributed by atoms with Crippen LogP contribution in [0, 0.1) is 11.6 Å². The predicted molar refractivity (Wildman–Crippen MR) is 100 cm³/mol. The number of hydrogen-bond acceptors (Lipinski definition) is 6. The number of carbonyl (C=O) groups excluding carboxylic acids is 2. The quantitative estimate of drug-likeness (QED) is 0.501. The fourth-order valence-electron chi connectivity index (χ4n) is 2.28. The van der Waals surface area contributed by atoms with E-state index in [9.17, 15) is 18.4 Å². The molecule has 0 aliphatic heterocycles. The van der Waals surface area contributed by atoms with Gasteiger partial charge in [-0.15, -0.1) is 11.3 Å². The Kier molecular flexibility index (Phi) is 8.27. The second kappa shape index (κ2) is 10.7. The molecule has 1 aromatic carbocycles. The number of amides is 2. The Morgan fingerprint density at radius 1 is 1.29 bits per heavy atom. The number of ether oxygens (including phenoxy) is 2. The van der Waals surface area contributed by atoms with Gasteiger partial charge < -0.3 is 19.7 Å². The van der Waals surface area contributed by atoms with Crippen LogP contribution < -0.4 is 5.32 Å². The van der Waals surface area contributed by atoms with Crippen molar-refractivity contribution in [3.8, 4) is 0 Å². The van der Waals surface area contributed by atoms with Gasteiger partial charge in [0, 0.05) is 36.9 Å². The smallest absolute Gasteiger partial charge is 0.357 e. The molecule has 2 amide bonds. The minimum absolute atomic E-state index is 0.132. The van der Waals surface area contributed by atoms with Crippen molar-refractivity contribution in [3.63, 3.8) is 0 Å². The maximum absolute atomic E-state index is 13.4. The van der Waals surface area contributed by atoms with Crippen molar-refractivity contribution in [1.82, 2.24) is 9.88 Å². The minimum atomic E-state index is -1.05. The van der Waals surface area contributed by atoms with Gasteiger partial charge in [-0.3, -0.25) is 0 Å². The van der Waals surface area contributed by atoms with Gasteiger partial charge in [0.2, 0.25) is 0 Å². The standard InChI is InChI=1S/C18H21F2N3O4S/c1-3-27-8-4-7-23(10-16-22-15(11-28-16)17(24)26-2)18(25)21-12-5-6-13(19)14(20)9-12/h5-6,9,11H,3-4,7-8,10H2,1-2H3,(H,21,25). The molecule has 0 saturated carbocycles. The summed E-state index contributed by atoms with van der Waals surface area (Å²) in [4.78, 5) is 29.8. The van der Waals surface area contributed by atoms with E-state index >= 15 is 0 Å². The molecule has 0 aliphatic rings. The van der Waals surface area contributed by atoms with E-state index in [1.54, 1.807) is 5.38 Å². The van der Waals surface area contributed by atoms with Crippen LogP contribution in [0.25, 0.3) is 0 Å².